The molecule has 0 radical (unpaired) electrons. The second-order valence-corrected chi connectivity index (χ2v) is 2.93. The van der Waals surface area contributed by atoms with E-state index < -0.39 is 0 Å². The maximum atomic E-state index is 4.22. The van der Waals surface area contributed by atoms with Crippen molar-refractivity contribution in [2.45, 2.75) is 13.8 Å². The van der Waals surface area contributed by atoms with Crippen LogP contribution in [0.4, 0.5) is 5.13 Å². The molecule has 1 aromatic rings. The van der Waals surface area contributed by atoms with Crippen LogP contribution in [0.2, 0.25) is 0 Å². The lowest BCUT2D eigenvalue weighted by Gasteiger charge is -1.92. The van der Waals surface area contributed by atoms with E-state index in [4.69, 9.17) is 0 Å². The third-order valence-corrected chi connectivity index (χ3v) is 2.04. The number of nitrogens with one attached hydrogen (secondary N) is 1. The lowest BCUT2D eigenvalue weighted by molar-refractivity contribution is 1.23. The summed E-state index contributed by atoms with van der Waals surface area (Å²) in [6, 6.07) is 0. The van der Waals surface area contributed by atoms with E-state index in [0.29, 0.717) is 6.54 Å². The van der Waals surface area contributed by atoms with Crippen molar-refractivity contribution in [2.75, 3.05) is 11.9 Å². The standard InChI is InChI=1S/C8H10N2S/c1-3-4-5-9-8-10-7(2)6-11-8/h6H,5H2,1-2H3,(H,9,10). The zero-order valence-corrected chi connectivity index (χ0v) is 7.46. The van der Waals surface area contributed by atoms with E-state index >= 15 is 0 Å². The zero-order valence-electron chi connectivity index (χ0n) is 6.64. The van der Waals surface area contributed by atoms with Crippen molar-refractivity contribution in [3.63, 3.8) is 0 Å². The van der Waals surface area contributed by atoms with Crippen LogP contribution >= 0.6 is 11.3 Å². The Kier molecular flexibility index (Phi) is 2.94. The lowest BCUT2D eigenvalue weighted by Crippen LogP contribution is -1.97. The average Bonchev–Trinajstić information content (AvgIpc) is 2.37. The highest BCUT2D eigenvalue weighted by Gasteiger charge is 1.93. The molecule has 0 aromatic carbocycles. The highest BCUT2D eigenvalue weighted by atomic mass is 32.1. The Bertz CT molecular complexity index is 280. The fourth-order valence-electron chi connectivity index (χ4n) is 0.643. The molecule has 2 nitrogen and oxygen atoms in total. The van der Waals surface area contributed by atoms with Gasteiger partial charge >= 0.3 is 0 Å². The summed E-state index contributed by atoms with van der Waals surface area (Å²) < 4.78 is 0. The summed E-state index contributed by atoms with van der Waals surface area (Å²) in [6.07, 6.45) is 0. The van der Waals surface area contributed by atoms with Gasteiger partial charge in [-0.3, -0.25) is 0 Å². The van der Waals surface area contributed by atoms with Gasteiger partial charge in [0.15, 0.2) is 5.13 Å². The first-order chi connectivity index (χ1) is 5.33. The molecule has 58 valence electrons. The van der Waals surface area contributed by atoms with Crippen molar-refractivity contribution in [3.8, 4) is 11.8 Å². The van der Waals surface area contributed by atoms with Crippen molar-refractivity contribution >= 4 is 16.5 Å². The second kappa shape index (κ2) is 3.99. The number of aryl methyl sites for hydroxylation is 1. The van der Waals surface area contributed by atoms with E-state index in [-0.39, 0.29) is 0 Å². The quantitative estimate of drug-likeness (QED) is 0.679. The Morgan fingerprint density at radius 1 is 1.73 bits per heavy atom. The lowest BCUT2D eigenvalue weighted by atomic mass is 10.6. The number of anilines is 1. The summed E-state index contributed by atoms with van der Waals surface area (Å²) in [5, 5.41) is 6.07. The van der Waals surface area contributed by atoms with Crippen molar-refractivity contribution in [3.05, 3.63) is 11.1 Å². The Balaban J connectivity index is 2.43. The third-order valence-electron chi connectivity index (χ3n) is 1.12. The molecule has 1 rings (SSSR count). The number of nitrogens with zero attached hydrogens (tertiary/aromatic N) is 1. The van der Waals surface area contributed by atoms with Crippen LogP contribution in [-0.4, -0.2) is 11.5 Å². The predicted molar refractivity (Wildman–Crippen MR) is 48.8 cm³/mol. The molecular formula is C8H10N2S. The largest absolute Gasteiger partial charge is 0.351 e. The van der Waals surface area contributed by atoms with Crippen LogP contribution in [0.1, 0.15) is 12.6 Å². The van der Waals surface area contributed by atoms with Gasteiger partial charge in [0.2, 0.25) is 0 Å². The van der Waals surface area contributed by atoms with Gasteiger partial charge in [0, 0.05) is 5.38 Å². The minimum Gasteiger partial charge on any atom is -0.351 e. The molecule has 0 aliphatic heterocycles. The molecule has 0 amide bonds. The number of hydrogen-bond donors (Lipinski definition) is 1. The van der Waals surface area contributed by atoms with Crippen molar-refractivity contribution in [1.29, 1.82) is 0 Å². The molecule has 0 aliphatic rings. The van der Waals surface area contributed by atoms with Crippen LogP contribution in [0.15, 0.2) is 5.38 Å². The molecule has 1 aromatic heterocycles. The molecule has 0 bridgehead atoms. The van der Waals surface area contributed by atoms with Gasteiger partial charge in [0.1, 0.15) is 0 Å². The van der Waals surface area contributed by atoms with Crippen LogP contribution in [0.3, 0.4) is 0 Å². The molecule has 0 unspecified atom stereocenters. The first kappa shape index (κ1) is 8.09. The van der Waals surface area contributed by atoms with E-state index in [0.717, 1.165) is 10.8 Å². The summed E-state index contributed by atoms with van der Waals surface area (Å²) in [5.74, 6) is 5.72. The van der Waals surface area contributed by atoms with Crippen LogP contribution in [-0.2, 0) is 0 Å². The monoisotopic (exact) mass is 166 g/mol. The van der Waals surface area contributed by atoms with Crippen LogP contribution < -0.4 is 5.32 Å². The Hall–Kier alpha value is -1.01. The minimum absolute atomic E-state index is 0.684. The van der Waals surface area contributed by atoms with Gasteiger partial charge in [-0.15, -0.1) is 17.3 Å². The fraction of sp³-hybridized carbons (Fsp3) is 0.375. The van der Waals surface area contributed by atoms with Crippen molar-refractivity contribution < 1.29 is 0 Å². The SMILES string of the molecule is CC#CCNc1nc(C)cs1. The maximum absolute atomic E-state index is 4.22. The molecule has 1 N–H and O–H groups in total. The summed E-state index contributed by atoms with van der Waals surface area (Å²) in [4.78, 5) is 4.22. The van der Waals surface area contributed by atoms with Gasteiger partial charge in [0.25, 0.3) is 0 Å². The predicted octanol–water partition coefficient (Wildman–Crippen LogP) is 1.89. The zero-order chi connectivity index (χ0) is 8.10. The summed E-state index contributed by atoms with van der Waals surface area (Å²) in [7, 11) is 0. The molecule has 0 saturated carbocycles. The van der Waals surface area contributed by atoms with Gasteiger partial charge < -0.3 is 5.32 Å². The van der Waals surface area contributed by atoms with Crippen molar-refractivity contribution in [2.24, 2.45) is 0 Å². The second-order valence-electron chi connectivity index (χ2n) is 2.07. The molecule has 0 saturated heterocycles. The summed E-state index contributed by atoms with van der Waals surface area (Å²) in [6.45, 7) is 4.49. The Morgan fingerprint density at radius 3 is 3.09 bits per heavy atom. The number of thiazole rings is 1. The van der Waals surface area contributed by atoms with Gasteiger partial charge in [-0.25, -0.2) is 4.98 Å². The molecule has 11 heavy (non-hydrogen) atoms. The number of rotatable bonds is 2. The van der Waals surface area contributed by atoms with Crippen LogP contribution in [0, 0.1) is 18.8 Å². The molecule has 0 fully saturated rings. The summed E-state index contributed by atoms with van der Waals surface area (Å²) >= 11 is 1.61. The molecular weight excluding hydrogens is 156 g/mol. The van der Waals surface area contributed by atoms with Gasteiger partial charge in [0.05, 0.1) is 12.2 Å². The average molecular weight is 166 g/mol. The third kappa shape index (κ3) is 2.60. The Morgan fingerprint density at radius 2 is 2.55 bits per heavy atom. The number of hydrogen-bond acceptors (Lipinski definition) is 3. The maximum Gasteiger partial charge on any atom is 0.183 e. The van der Waals surface area contributed by atoms with E-state index in [1.807, 2.05) is 19.2 Å². The first-order valence-corrected chi connectivity index (χ1v) is 4.26. The topological polar surface area (TPSA) is 24.9 Å². The molecule has 0 atom stereocenters. The van der Waals surface area contributed by atoms with E-state index in [1.165, 1.54) is 0 Å². The van der Waals surface area contributed by atoms with Gasteiger partial charge in [-0.2, -0.15) is 0 Å². The smallest absolute Gasteiger partial charge is 0.183 e. The Labute approximate surface area is 70.7 Å². The fourth-order valence-corrected chi connectivity index (χ4v) is 1.33. The molecule has 3 heteroatoms. The van der Waals surface area contributed by atoms with Gasteiger partial charge in [-0.1, -0.05) is 5.92 Å². The normalized spacial score (nSPS) is 8.55. The highest BCUT2D eigenvalue weighted by molar-refractivity contribution is 7.13. The minimum atomic E-state index is 0.684. The van der Waals surface area contributed by atoms with Crippen molar-refractivity contribution in [1.82, 2.24) is 4.98 Å². The van der Waals surface area contributed by atoms with Gasteiger partial charge in [-0.05, 0) is 13.8 Å². The van der Waals surface area contributed by atoms with E-state index in [1.54, 1.807) is 11.3 Å². The molecule has 1 heterocycles. The highest BCUT2D eigenvalue weighted by Crippen LogP contribution is 2.13. The summed E-state index contributed by atoms with van der Waals surface area (Å²) in [5.41, 5.74) is 1.06. The number of aromatic nitrogens is 1. The van der Waals surface area contributed by atoms with E-state index in [9.17, 15) is 0 Å². The van der Waals surface area contributed by atoms with Crippen LogP contribution in [0.5, 0.6) is 0 Å². The molecule has 0 aliphatic carbocycles. The molecule has 0 spiro atoms. The first-order valence-electron chi connectivity index (χ1n) is 3.38. The van der Waals surface area contributed by atoms with E-state index in [2.05, 4.69) is 22.1 Å². The van der Waals surface area contributed by atoms with Crippen LogP contribution in [0.25, 0.3) is 0 Å².